The minimum atomic E-state index is 1.09. The normalized spacial score (nSPS) is 10.9. The Hall–Kier alpha value is -2.56. The Morgan fingerprint density at radius 1 is 0.629 bits per heavy atom. The van der Waals surface area contributed by atoms with E-state index in [1.807, 2.05) is 0 Å². The predicted octanol–water partition coefficient (Wildman–Crippen LogP) is 10.4. The van der Waals surface area contributed by atoms with E-state index in [4.69, 9.17) is 0 Å². The van der Waals surface area contributed by atoms with Crippen molar-refractivity contribution in [1.82, 2.24) is 0 Å². The quantitative estimate of drug-likeness (QED) is 0.201. The molecule has 0 radical (unpaired) electrons. The van der Waals surface area contributed by atoms with Gasteiger partial charge in [-0.15, -0.1) is 0 Å². The number of anilines is 5. The van der Waals surface area contributed by atoms with Crippen LogP contribution >= 0.6 is 31.9 Å². The van der Waals surface area contributed by atoms with Crippen LogP contribution in [0.3, 0.4) is 0 Å². The Kier molecular flexibility index (Phi) is 8.35. The highest BCUT2D eigenvalue weighted by molar-refractivity contribution is 9.10. The van der Waals surface area contributed by atoms with Gasteiger partial charge in [-0.25, -0.2) is 0 Å². The van der Waals surface area contributed by atoms with Crippen LogP contribution in [0.5, 0.6) is 0 Å². The summed E-state index contributed by atoms with van der Waals surface area (Å²) < 4.78 is 2.19. The predicted molar refractivity (Wildman–Crippen MR) is 159 cm³/mol. The third kappa shape index (κ3) is 5.99. The van der Waals surface area contributed by atoms with E-state index < -0.39 is 0 Å². The maximum Gasteiger partial charge on any atom is 0.0491 e. The first-order valence-electron chi connectivity index (χ1n) is 12.1. The fourth-order valence-electron chi connectivity index (χ4n) is 4.45. The molecule has 4 heteroatoms. The van der Waals surface area contributed by atoms with Crippen LogP contribution < -0.4 is 9.80 Å². The fraction of sp³-hybridized carbons (Fsp3) is 0.226. The van der Waals surface area contributed by atoms with Gasteiger partial charge in [-0.05, 0) is 116 Å². The maximum atomic E-state index is 3.62. The lowest BCUT2D eigenvalue weighted by Gasteiger charge is -2.28. The largest absolute Gasteiger partial charge is 0.344 e. The van der Waals surface area contributed by atoms with Crippen LogP contribution in [0.1, 0.15) is 36.5 Å². The number of hydrogen-bond acceptors (Lipinski definition) is 2. The summed E-state index contributed by atoms with van der Waals surface area (Å²) in [6.07, 6.45) is 3.57. The molecule has 180 valence electrons. The van der Waals surface area contributed by atoms with Gasteiger partial charge in [-0.3, -0.25) is 0 Å². The molecule has 35 heavy (non-hydrogen) atoms. The molecule has 0 saturated heterocycles. The van der Waals surface area contributed by atoms with Gasteiger partial charge in [0.1, 0.15) is 0 Å². The molecule has 0 heterocycles. The Bertz CT molecular complexity index is 1280. The fourth-order valence-corrected chi connectivity index (χ4v) is 5.40. The van der Waals surface area contributed by atoms with Crippen LogP contribution in [0.2, 0.25) is 0 Å². The van der Waals surface area contributed by atoms with Crippen molar-refractivity contribution in [3.05, 3.63) is 111 Å². The first-order valence-corrected chi connectivity index (χ1v) is 13.7. The maximum absolute atomic E-state index is 3.62. The molecule has 0 aliphatic rings. The standard InChI is InChI=1S/C31H32Br2N2/c1-5-6-7-24-8-12-28(13-9-24)35(31-19-11-26(33)21-23(31)3)29-16-14-27(15-17-29)34(4)30-18-10-25(32)20-22(30)2/h8-21H,5-7H2,1-4H3. The first-order chi connectivity index (χ1) is 16.9. The monoisotopic (exact) mass is 590 g/mol. The second-order valence-electron chi connectivity index (χ2n) is 9.04. The zero-order chi connectivity index (χ0) is 24.9. The van der Waals surface area contributed by atoms with E-state index in [9.17, 15) is 0 Å². The van der Waals surface area contributed by atoms with Crippen LogP contribution in [-0.2, 0) is 6.42 Å². The molecule has 0 aliphatic heterocycles. The van der Waals surface area contributed by atoms with E-state index in [1.54, 1.807) is 0 Å². The van der Waals surface area contributed by atoms with Gasteiger partial charge >= 0.3 is 0 Å². The van der Waals surface area contributed by atoms with Crippen molar-refractivity contribution in [2.45, 2.75) is 40.0 Å². The second kappa shape index (κ2) is 11.5. The van der Waals surface area contributed by atoms with Gasteiger partial charge < -0.3 is 9.80 Å². The SMILES string of the molecule is CCCCc1ccc(N(c2ccc(N(C)c3ccc(Br)cc3C)cc2)c2ccc(Br)cc2C)cc1. The van der Waals surface area contributed by atoms with Crippen molar-refractivity contribution in [3.8, 4) is 0 Å². The van der Waals surface area contributed by atoms with Crippen LogP contribution in [0.4, 0.5) is 28.4 Å². The molecular weight excluding hydrogens is 560 g/mol. The molecule has 0 spiro atoms. The summed E-state index contributed by atoms with van der Waals surface area (Å²) in [5.41, 5.74) is 9.69. The molecule has 4 rings (SSSR count). The molecular formula is C31H32Br2N2. The molecule has 0 unspecified atom stereocenters. The van der Waals surface area contributed by atoms with E-state index in [1.165, 1.54) is 46.6 Å². The second-order valence-corrected chi connectivity index (χ2v) is 10.9. The zero-order valence-electron chi connectivity index (χ0n) is 20.9. The molecule has 0 N–H and O–H groups in total. The lowest BCUT2D eigenvalue weighted by atomic mass is 10.1. The Labute approximate surface area is 226 Å². The highest BCUT2D eigenvalue weighted by atomic mass is 79.9. The lowest BCUT2D eigenvalue weighted by molar-refractivity contribution is 0.795. The van der Waals surface area contributed by atoms with Gasteiger partial charge in [-0.1, -0.05) is 57.3 Å². The van der Waals surface area contributed by atoms with Crippen molar-refractivity contribution in [2.24, 2.45) is 0 Å². The van der Waals surface area contributed by atoms with Crippen molar-refractivity contribution in [1.29, 1.82) is 0 Å². The Balaban J connectivity index is 1.70. The van der Waals surface area contributed by atoms with Crippen molar-refractivity contribution in [3.63, 3.8) is 0 Å². The van der Waals surface area contributed by atoms with Gasteiger partial charge in [0.05, 0.1) is 0 Å². The average molecular weight is 592 g/mol. The van der Waals surface area contributed by atoms with E-state index in [0.29, 0.717) is 0 Å². The van der Waals surface area contributed by atoms with Crippen LogP contribution in [0.25, 0.3) is 0 Å². The van der Waals surface area contributed by atoms with Gasteiger partial charge in [0.25, 0.3) is 0 Å². The molecule has 4 aromatic rings. The number of unbranched alkanes of at least 4 members (excludes halogenated alkanes) is 1. The van der Waals surface area contributed by atoms with E-state index in [-0.39, 0.29) is 0 Å². The number of benzene rings is 4. The lowest BCUT2D eigenvalue weighted by Crippen LogP contribution is -2.13. The zero-order valence-corrected chi connectivity index (χ0v) is 24.0. The van der Waals surface area contributed by atoms with Gasteiger partial charge in [0, 0.05) is 44.4 Å². The van der Waals surface area contributed by atoms with Gasteiger partial charge in [-0.2, -0.15) is 0 Å². The van der Waals surface area contributed by atoms with Crippen molar-refractivity contribution >= 4 is 60.3 Å². The van der Waals surface area contributed by atoms with Gasteiger partial charge in [0.15, 0.2) is 0 Å². The molecule has 0 amide bonds. The minimum absolute atomic E-state index is 1.09. The highest BCUT2D eigenvalue weighted by Gasteiger charge is 2.16. The van der Waals surface area contributed by atoms with Crippen LogP contribution in [0.15, 0.2) is 93.9 Å². The molecule has 0 aliphatic carbocycles. The topological polar surface area (TPSA) is 6.48 Å². The third-order valence-electron chi connectivity index (χ3n) is 6.43. The van der Waals surface area contributed by atoms with Gasteiger partial charge in [0.2, 0.25) is 0 Å². The summed E-state index contributed by atoms with van der Waals surface area (Å²) in [6, 6.07) is 30.8. The molecule has 0 saturated carbocycles. The molecule has 0 aromatic heterocycles. The Morgan fingerprint density at radius 3 is 1.63 bits per heavy atom. The number of nitrogens with zero attached hydrogens (tertiary/aromatic N) is 2. The summed E-state index contributed by atoms with van der Waals surface area (Å²) in [5.74, 6) is 0. The van der Waals surface area contributed by atoms with Crippen molar-refractivity contribution < 1.29 is 0 Å². The first kappa shape index (κ1) is 25.5. The number of aryl methyl sites for hydroxylation is 3. The van der Waals surface area contributed by atoms with Crippen molar-refractivity contribution in [2.75, 3.05) is 16.8 Å². The molecule has 4 aromatic carbocycles. The summed E-state index contributed by atoms with van der Waals surface area (Å²) in [4.78, 5) is 4.59. The van der Waals surface area contributed by atoms with E-state index in [2.05, 4.69) is 154 Å². The van der Waals surface area contributed by atoms with Crippen LogP contribution in [0, 0.1) is 13.8 Å². The van der Waals surface area contributed by atoms with E-state index in [0.717, 1.165) is 26.7 Å². The van der Waals surface area contributed by atoms with E-state index >= 15 is 0 Å². The third-order valence-corrected chi connectivity index (χ3v) is 7.42. The Morgan fingerprint density at radius 2 is 1.11 bits per heavy atom. The smallest absolute Gasteiger partial charge is 0.0491 e. The summed E-state index contributed by atoms with van der Waals surface area (Å²) >= 11 is 7.19. The van der Waals surface area contributed by atoms with Crippen LogP contribution in [-0.4, -0.2) is 7.05 Å². The summed E-state index contributed by atoms with van der Waals surface area (Å²) in [5, 5.41) is 0. The molecule has 0 atom stereocenters. The molecule has 0 bridgehead atoms. The summed E-state index contributed by atoms with van der Waals surface area (Å²) in [7, 11) is 2.12. The number of rotatable bonds is 8. The molecule has 2 nitrogen and oxygen atoms in total. The minimum Gasteiger partial charge on any atom is -0.344 e. The number of halogens is 2. The number of hydrogen-bond donors (Lipinski definition) is 0. The average Bonchev–Trinajstić information content (AvgIpc) is 2.85. The highest BCUT2D eigenvalue weighted by Crippen LogP contribution is 2.39. The summed E-state index contributed by atoms with van der Waals surface area (Å²) in [6.45, 7) is 6.56. The molecule has 0 fully saturated rings.